The molecule has 4 heteroatoms. The second-order valence-corrected chi connectivity index (χ2v) is 4.52. The minimum absolute atomic E-state index is 0.378. The molecule has 0 saturated heterocycles. The first-order valence-corrected chi connectivity index (χ1v) is 5.93. The summed E-state index contributed by atoms with van der Waals surface area (Å²) in [5.41, 5.74) is 5.75. The zero-order valence-electron chi connectivity index (χ0n) is 10.6. The number of aromatic nitrogens is 2. The van der Waals surface area contributed by atoms with E-state index in [9.17, 15) is 0 Å². The van der Waals surface area contributed by atoms with E-state index in [1.54, 1.807) is 6.07 Å². The Morgan fingerprint density at radius 1 is 1.31 bits per heavy atom. The third kappa shape index (κ3) is 3.68. The fourth-order valence-corrected chi connectivity index (χ4v) is 1.33. The van der Waals surface area contributed by atoms with E-state index in [0.29, 0.717) is 17.8 Å². The van der Waals surface area contributed by atoms with Crippen molar-refractivity contribution < 1.29 is 0 Å². The summed E-state index contributed by atoms with van der Waals surface area (Å²) in [5, 5.41) is 3.35. The molecule has 3 N–H and O–H groups in total. The van der Waals surface area contributed by atoms with Crippen LogP contribution in [-0.4, -0.2) is 16.0 Å². The van der Waals surface area contributed by atoms with Crippen LogP contribution in [0.2, 0.25) is 0 Å². The lowest BCUT2D eigenvalue weighted by molar-refractivity contribution is 0.558. The highest BCUT2D eigenvalue weighted by Crippen LogP contribution is 2.13. The van der Waals surface area contributed by atoms with Gasteiger partial charge in [-0.25, -0.2) is 9.97 Å². The fourth-order valence-electron chi connectivity index (χ4n) is 1.33. The second-order valence-electron chi connectivity index (χ2n) is 4.52. The van der Waals surface area contributed by atoms with Crippen LogP contribution in [0.1, 0.15) is 39.9 Å². The Morgan fingerprint density at radius 2 is 2.00 bits per heavy atom. The third-order valence-electron chi connectivity index (χ3n) is 2.64. The standard InChI is InChI=1S/C12H22N4/c1-5-6-11-15-10(13)7-12(16-11)14-9(4)8(2)3/h7-9H,5-6H2,1-4H3,(H3,13,14,15,16). The molecular formula is C12H22N4. The molecule has 0 amide bonds. The van der Waals surface area contributed by atoms with Crippen LogP contribution in [0.15, 0.2) is 6.07 Å². The lowest BCUT2D eigenvalue weighted by Gasteiger charge is -2.18. The third-order valence-corrected chi connectivity index (χ3v) is 2.64. The molecule has 0 aliphatic rings. The number of anilines is 2. The molecule has 0 aliphatic heterocycles. The van der Waals surface area contributed by atoms with Gasteiger partial charge in [-0.05, 0) is 19.3 Å². The van der Waals surface area contributed by atoms with E-state index in [1.807, 2.05) is 0 Å². The SMILES string of the molecule is CCCc1nc(N)cc(NC(C)C(C)C)n1. The molecule has 0 radical (unpaired) electrons. The summed E-state index contributed by atoms with van der Waals surface area (Å²) in [6, 6.07) is 2.17. The normalized spacial score (nSPS) is 12.8. The van der Waals surface area contributed by atoms with Gasteiger partial charge in [0.25, 0.3) is 0 Å². The fraction of sp³-hybridized carbons (Fsp3) is 0.667. The maximum atomic E-state index is 5.75. The van der Waals surface area contributed by atoms with Gasteiger partial charge in [-0.15, -0.1) is 0 Å². The van der Waals surface area contributed by atoms with Crippen LogP contribution < -0.4 is 11.1 Å². The van der Waals surface area contributed by atoms with Crippen LogP contribution in [0.4, 0.5) is 11.6 Å². The average Bonchev–Trinajstić information content (AvgIpc) is 2.16. The van der Waals surface area contributed by atoms with Crippen molar-refractivity contribution in [1.29, 1.82) is 0 Å². The van der Waals surface area contributed by atoms with Gasteiger partial charge in [0.05, 0.1) is 0 Å². The van der Waals surface area contributed by atoms with Gasteiger partial charge in [-0.1, -0.05) is 20.8 Å². The van der Waals surface area contributed by atoms with Gasteiger partial charge in [0.1, 0.15) is 17.5 Å². The van der Waals surface area contributed by atoms with Gasteiger partial charge >= 0.3 is 0 Å². The van der Waals surface area contributed by atoms with E-state index in [-0.39, 0.29) is 0 Å². The highest BCUT2D eigenvalue weighted by atomic mass is 15.1. The van der Waals surface area contributed by atoms with E-state index in [4.69, 9.17) is 5.73 Å². The first-order chi connectivity index (χ1) is 7.52. The number of aryl methyl sites for hydroxylation is 1. The number of rotatable bonds is 5. The molecule has 4 nitrogen and oxygen atoms in total. The molecule has 1 aromatic heterocycles. The van der Waals surface area contributed by atoms with E-state index >= 15 is 0 Å². The number of nitrogens with zero attached hydrogens (tertiary/aromatic N) is 2. The van der Waals surface area contributed by atoms with Crippen molar-refractivity contribution in [2.45, 2.75) is 46.6 Å². The summed E-state index contributed by atoms with van der Waals surface area (Å²) in [5.74, 6) is 2.75. The summed E-state index contributed by atoms with van der Waals surface area (Å²) in [6.07, 6.45) is 1.90. The summed E-state index contributed by atoms with van der Waals surface area (Å²) in [4.78, 5) is 8.65. The van der Waals surface area contributed by atoms with Gasteiger partial charge in [0.15, 0.2) is 0 Å². The molecule has 1 rings (SSSR count). The minimum Gasteiger partial charge on any atom is -0.384 e. The smallest absolute Gasteiger partial charge is 0.133 e. The number of nitrogen functional groups attached to an aromatic ring is 1. The molecule has 0 aromatic carbocycles. The number of nitrogens with one attached hydrogen (secondary N) is 1. The lowest BCUT2D eigenvalue weighted by Crippen LogP contribution is -2.22. The van der Waals surface area contributed by atoms with Gasteiger partial charge in [0.2, 0.25) is 0 Å². The molecule has 1 atom stereocenters. The van der Waals surface area contributed by atoms with Crippen LogP contribution in [0.25, 0.3) is 0 Å². The van der Waals surface area contributed by atoms with Gasteiger partial charge in [-0.2, -0.15) is 0 Å². The molecule has 1 aromatic rings. The first-order valence-electron chi connectivity index (χ1n) is 5.93. The molecule has 16 heavy (non-hydrogen) atoms. The van der Waals surface area contributed by atoms with Crippen molar-refractivity contribution in [2.75, 3.05) is 11.1 Å². The van der Waals surface area contributed by atoms with Crippen molar-refractivity contribution in [3.8, 4) is 0 Å². The van der Waals surface area contributed by atoms with Crippen LogP contribution in [0, 0.1) is 5.92 Å². The molecule has 0 aliphatic carbocycles. The zero-order valence-corrected chi connectivity index (χ0v) is 10.6. The second kappa shape index (κ2) is 5.68. The van der Waals surface area contributed by atoms with Crippen molar-refractivity contribution in [2.24, 2.45) is 5.92 Å². The highest BCUT2D eigenvalue weighted by molar-refractivity contribution is 5.45. The highest BCUT2D eigenvalue weighted by Gasteiger charge is 2.09. The maximum absolute atomic E-state index is 5.75. The zero-order chi connectivity index (χ0) is 12.1. The number of nitrogens with two attached hydrogens (primary N) is 1. The molecule has 1 unspecified atom stereocenters. The van der Waals surface area contributed by atoms with E-state index in [1.165, 1.54) is 0 Å². The van der Waals surface area contributed by atoms with Crippen LogP contribution in [-0.2, 0) is 6.42 Å². The Hall–Kier alpha value is -1.32. The Labute approximate surface area is 97.7 Å². The monoisotopic (exact) mass is 222 g/mol. The van der Waals surface area contributed by atoms with Gasteiger partial charge in [0, 0.05) is 18.5 Å². The van der Waals surface area contributed by atoms with Crippen molar-refractivity contribution in [3.63, 3.8) is 0 Å². The lowest BCUT2D eigenvalue weighted by atomic mass is 10.1. The Bertz CT molecular complexity index is 336. The molecule has 90 valence electrons. The van der Waals surface area contributed by atoms with Crippen molar-refractivity contribution in [3.05, 3.63) is 11.9 Å². The predicted molar refractivity (Wildman–Crippen MR) is 68.4 cm³/mol. The quantitative estimate of drug-likeness (QED) is 0.803. The summed E-state index contributed by atoms with van der Waals surface area (Å²) < 4.78 is 0. The van der Waals surface area contributed by atoms with E-state index < -0.39 is 0 Å². The van der Waals surface area contributed by atoms with Crippen LogP contribution in [0.5, 0.6) is 0 Å². The maximum Gasteiger partial charge on any atom is 0.133 e. The van der Waals surface area contributed by atoms with Crippen molar-refractivity contribution in [1.82, 2.24) is 9.97 Å². The van der Waals surface area contributed by atoms with E-state index in [0.717, 1.165) is 24.5 Å². The summed E-state index contributed by atoms with van der Waals surface area (Å²) in [6.45, 7) is 8.60. The largest absolute Gasteiger partial charge is 0.384 e. The van der Waals surface area contributed by atoms with Crippen LogP contribution >= 0.6 is 0 Å². The Balaban J connectivity index is 2.79. The Morgan fingerprint density at radius 3 is 2.56 bits per heavy atom. The van der Waals surface area contributed by atoms with Gasteiger partial charge in [-0.3, -0.25) is 0 Å². The molecule has 0 saturated carbocycles. The topological polar surface area (TPSA) is 63.8 Å². The molecule has 0 spiro atoms. The predicted octanol–water partition coefficient (Wildman–Crippen LogP) is 2.47. The molecule has 0 bridgehead atoms. The summed E-state index contributed by atoms with van der Waals surface area (Å²) >= 11 is 0. The Kier molecular flexibility index (Phi) is 4.52. The minimum atomic E-state index is 0.378. The van der Waals surface area contributed by atoms with Gasteiger partial charge < -0.3 is 11.1 Å². The molecular weight excluding hydrogens is 200 g/mol. The van der Waals surface area contributed by atoms with E-state index in [2.05, 4.69) is 43.0 Å². The summed E-state index contributed by atoms with van der Waals surface area (Å²) in [7, 11) is 0. The van der Waals surface area contributed by atoms with Crippen molar-refractivity contribution >= 4 is 11.6 Å². The molecule has 1 heterocycles. The first kappa shape index (κ1) is 12.7. The molecule has 0 fully saturated rings. The number of hydrogen-bond donors (Lipinski definition) is 2. The average molecular weight is 222 g/mol. The van der Waals surface area contributed by atoms with Crippen LogP contribution in [0.3, 0.4) is 0 Å². The number of hydrogen-bond acceptors (Lipinski definition) is 4.